The van der Waals surface area contributed by atoms with Crippen LogP contribution in [0.1, 0.15) is 32.8 Å². The summed E-state index contributed by atoms with van der Waals surface area (Å²) in [7, 11) is 0. The molecule has 0 spiro atoms. The van der Waals surface area contributed by atoms with Crippen molar-refractivity contribution in [2.24, 2.45) is 5.92 Å². The first-order valence-electron chi connectivity index (χ1n) is 8.64. The Morgan fingerprint density at radius 2 is 1.56 bits per heavy atom. The van der Waals surface area contributed by atoms with Gasteiger partial charge >= 0.3 is 5.97 Å². The molecule has 0 aliphatic heterocycles. The van der Waals surface area contributed by atoms with Crippen molar-refractivity contribution in [2.75, 3.05) is 6.61 Å². The van der Waals surface area contributed by atoms with E-state index in [0.29, 0.717) is 24.9 Å². The molecule has 0 aliphatic rings. The number of benzene rings is 2. The fourth-order valence-electron chi connectivity index (χ4n) is 2.12. The van der Waals surface area contributed by atoms with Crippen molar-refractivity contribution in [1.29, 1.82) is 0 Å². The Kier molecular flexibility index (Phi) is 7.33. The van der Waals surface area contributed by atoms with E-state index in [1.165, 1.54) is 0 Å². The Morgan fingerprint density at radius 3 is 2.20 bits per heavy atom. The molecule has 0 aromatic heterocycles. The summed E-state index contributed by atoms with van der Waals surface area (Å²) in [6.45, 7) is 6.82. The first kappa shape index (κ1) is 18.8. The molecule has 0 N–H and O–H groups in total. The number of hydrogen-bond acceptors (Lipinski definition) is 4. The van der Waals surface area contributed by atoms with E-state index < -0.39 is 6.10 Å². The van der Waals surface area contributed by atoms with Crippen LogP contribution in [0.4, 0.5) is 0 Å². The van der Waals surface area contributed by atoms with Crippen LogP contribution in [0, 0.1) is 5.92 Å². The monoisotopic (exact) mass is 342 g/mol. The van der Waals surface area contributed by atoms with Gasteiger partial charge in [-0.25, -0.2) is 4.79 Å². The third kappa shape index (κ3) is 6.87. The highest BCUT2D eigenvalue weighted by molar-refractivity contribution is 5.74. The predicted molar refractivity (Wildman–Crippen MR) is 97.7 cm³/mol. The molecule has 0 saturated heterocycles. The fraction of sp³-hybridized carbons (Fsp3) is 0.381. The Bertz CT molecular complexity index is 635. The SMILES string of the molecule is CC(C)CCOC(=O)C(C)Oc1ccc(OCc2ccccc2)cc1. The first-order chi connectivity index (χ1) is 12.0. The van der Waals surface area contributed by atoms with Gasteiger partial charge in [-0.1, -0.05) is 44.2 Å². The third-order valence-electron chi connectivity index (χ3n) is 3.66. The summed E-state index contributed by atoms with van der Waals surface area (Å²) in [6.07, 6.45) is 0.217. The average Bonchev–Trinajstić information content (AvgIpc) is 2.61. The molecular formula is C21H26O4. The second kappa shape index (κ2) is 9.72. The van der Waals surface area contributed by atoms with Crippen molar-refractivity contribution in [3.63, 3.8) is 0 Å². The predicted octanol–water partition coefficient (Wildman–Crippen LogP) is 4.62. The Morgan fingerprint density at radius 1 is 0.920 bits per heavy atom. The van der Waals surface area contributed by atoms with Gasteiger partial charge in [0.05, 0.1) is 6.61 Å². The normalized spacial score (nSPS) is 11.8. The maximum absolute atomic E-state index is 11.9. The van der Waals surface area contributed by atoms with E-state index in [1.807, 2.05) is 42.5 Å². The molecule has 0 fully saturated rings. The van der Waals surface area contributed by atoms with Crippen molar-refractivity contribution in [3.8, 4) is 11.5 Å². The lowest BCUT2D eigenvalue weighted by atomic mass is 10.1. The van der Waals surface area contributed by atoms with E-state index in [4.69, 9.17) is 14.2 Å². The molecule has 2 aromatic carbocycles. The van der Waals surface area contributed by atoms with Crippen LogP contribution in [0.5, 0.6) is 11.5 Å². The molecule has 1 unspecified atom stereocenters. The summed E-state index contributed by atoms with van der Waals surface area (Å²) >= 11 is 0. The molecule has 1 atom stereocenters. The standard InChI is InChI=1S/C21H26O4/c1-16(2)13-14-23-21(22)17(3)25-20-11-9-19(10-12-20)24-15-18-7-5-4-6-8-18/h4-12,16-17H,13-15H2,1-3H3. The van der Waals surface area contributed by atoms with Crippen molar-refractivity contribution >= 4 is 5.97 Å². The van der Waals surface area contributed by atoms with Crippen LogP contribution in [0.3, 0.4) is 0 Å². The molecule has 0 heterocycles. The minimum absolute atomic E-state index is 0.343. The van der Waals surface area contributed by atoms with Crippen molar-refractivity contribution in [2.45, 2.75) is 39.9 Å². The second-order valence-corrected chi connectivity index (χ2v) is 6.36. The third-order valence-corrected chi connectivity index (χ3v) is 3.66. The number of hydrogen-bond donors (Lipinski definition) is 0. The lowest BCUT2D eigenvalue weighted by Gasteiger charge is -2.15. The van der Waals surface area contributed by atoms with Crippen LogP contribution < -0.4 is 9.47 Å². The van der Waals surface area contributed by atoms with Gasteiger partial charge in [0, 0.05) is 0 Å². The molecular weight excluding hydrogens is 316 g/mol. The molecule has 0 amide bonds. The smallest absolute Gasteiger partial charge is 0.347 e. The van der Waals surface area contributed by atoms with E-state index in [9.17, 15) is 4.79 Å². The zero-order valence-corrected chi connectivity index (χ0v) is 15.1. The molecule has 134 valence electrons. The lowest BCUT2D eigenvalue weighted by Crippen LogP contribution is -2.26. The van der Waals surface area contributed by atoms with Crippen LogP contribution in [0.15, 0.2) is 54.6 Å². The summed E-state index contributed by atoms with van der Waals surface area (Å²) in [6, 6.07) is 17.2. The van der Waals surface area contributed by atoms with E-state index >= 15 is 0 Å². The molecule has 4 heteroatoms. The van der Waals surface area contributed by atoms with Crippen LogP contribution in [0.25, 0.3) is 0 Å². The van der Waals surface area contributed by atoms with E-state index in [0.717, 1.165) is 17.7 Å². The number of carbonyl (C=O) groups is 1. The molecule has 25 heavy (non-hydrogen) atoms. The Labute approximate surface area is 149 Å². The molecule has 0 radical (unpaired) electrons. The highest BCUT2D eigenvalue weighted by Crippen LogP contribution is 2.20. The topological polar surface area (TPSA) is 44.8 Å². The van der Waals surface area contributed by atoms with Crippen molar-refractivity contribution < 1.29 is 19.0 Å². The van der Waals surface area contributed by atoms with Crippen molar-refractivity contribution in [3.05, 3.63) is 60.2 Å². The molecule has 0 bridgehead atoms. The van der Waals surface area contributed by atoms with Gasteiger partial charge in [-0.2, -0.15) is 0 Å². The molecule has 2 aromatic rings. The summed E-state index contributed by atoms with van der Waals surface area (Å²) in [5.41, 5.74) is 1.11. The number of ether oxygens (including phenoxy) is 3. The van der Waals surface area contributed by atoms with Gasteiger partial charge in [0.2, 0.25) is 0 Å². The lowest BCUT2D eigenvalue weighted by molar-refractivity contribution is -0.151. The maximum Gasteiger partial charge on any atom is 0.347 e. The van der Waals surface area contributed by atoms with E-state index in [1.54, 1.807) is 19.1 Å². The summed E-state index contributed by atoms with van der Waals surface area (Å²) < 4.78 is 16.6. The number of rotatable bonds is 9. The van der Waals surface area contributed by atoms with Gasteiger partial charge in [0.25, 0.3) is 0 Å². The average molecular weight is 342 g/mol. The van der Waals surface area contributed by atoms with Gasteiger partial charge in [-0.05, 0) is 49.1 Å². The fourth-order valence-corrected chi connectivity index (χ4v) is 2.12. The van der Waals surface area contributed by atoms with Crippen LogP contribution in [-0.4, -0.2) is 18.7 Å². The number of esters is 1. The molecule has 4 nitrogen and oxygen atoms in total. The highest BCUT2D eigenvalue weighted by Gasteiger charge is 2.16. The Hall–Kier alpha value is -2.49. The largest absolute Gasteiger partial charge is 0.489 e. The molecule has 0 saturated carbocycles. The first-order valence-corrected chi connectivity index (χ1v) is 8.64. The minimum atomic E-state index is -0.636. The quantitative estimate of drug-likeness (QED) is 0.624. The maximum atomic E-state index is 11.9. The summed E-state index contributed by atoms with van der Waals surface area (Å²) in [5.74, 6) is 1.53. The van der Waals surface area contributed by atoms with Gasteiger partial charge in [0.1, 0.15) is 18.1 Å². The number of carbonyl (C=O) groups excluding carboxylic acids is 1. The Balaban J connectivity index is 1.78. The zero-order valence-electron chi connectivity index (χ0n) is 15.1. The van der Waals surface area contributed by atoms with E-state index in [2.05, 4.69) is 13.8 Å². The summed E-state index contributed by atoms with van der Waals surface area (Å²) in [5, 5.41) is 0. The van der Waals surface area contributed by atoms with Gasteiger partial charge in [0.15, 0.2) is 6.10 Å². The second-order valence-electron chi connectivity index (χ2n) is 6.36. The minimum Gasteiger partial charge on any atom is -0.489 e. The van der Waals surface area contributed by atoms with Crippen LogP contribution in [-0.2, 0) is 16.1 Å². The highest BCUT2D eigenvalue weighted by atomic mass is 16.6. The zero-order chi connectivity index (χ0) is 18.1. The van der Waals surface area contributed by atoms with Crippen LogP contribution >= 0.6 is 0 Å². The van der Waals surface area contributed by atoms with Gasteiger partial charge in [-0.3, -0.25) is 0 Å². The van der Waals surface area contributed by atoms with Crippen molar-refractivity contribution in [1.82, 2.24) is 0 Å². The summed E-state index contributed by atoms with van der Waals surface area (Å²) in [4.78, 5) is 11.9. The van der Waals surface area contributed by atoms with Gasteiger partial charge < -0.3 is 14.2 Å². The molecule has 2 rings (SSSR count). The molecule has 0 aliphatic carbocycles. The van der Waals surface area contributed by atoms with E-state index in [-0.39, 0.29) is 5.97 Å². The van der Waals surface area contributed by atoms with Gasteiger partial charge in [-0.15, -0.1) is 0 Å². The van der Waals surface area contributed by atoms with Crippen LogP contribution in [0.2, 0.25) is 0 Å².